The van der Waals surface area contributed by atoms with Crippen LogP contribution in [-0.4, -0.2) is 45.2 Å². The number of methoxy groups -OCH3 is 3. The van der Waals surface area contributed by atoms with Crippen molar-refractivity contribution in [1.29, 1.82) is 0 Å². The van der Waals surface area contributed by atoms with Crippen LogP contribution in [0.15, 0.2) is 30.3 Å². The molecule has 0 heterocycles. The third-order valence-corrected chi connectivity index (χ3v) is 4.17. The Bertz CT molecular complexity index is 940. The number of nitrogens with one attached hydrogen (secondary N) is 2. The van der Waals surface area contributed by atoms with E-state index in [1.165, 1.54) is 33.5 Å². The summed E-state index contributed by atoms with van der Waals surface area (Å²) in [6.45, 7) is 0.0655. The predicted molar refractivity (Wildman–Crippen MR) is 105 cm³/mol. The second-order valence-electron chi connectivity index (χ2n) is 6.08. The molecule has 2 aromatic rings. The van der Waals surface area contributed by atoms with Crippen molar-refractivity contribution in [3.63, 3.8) is 0 Å². The SMILES string of the molecule is COc1cc(C(=O)NCCNc2ccc(C(F)(F)F)cc2[N+](=O)[O-])cc(OC)c1OC. The van der Waals surface area contributed by atoms with E-state index in [9.17, 15) is 28.1 Å². The van der Waals surface area contributed by atoms with Gasteiger partial charge in [0.25, 0.3) is 11.6 Å². The van der Waals surface area contributed by atoms with Crippen LogP contribution in [0.25, 0.3) is 0 Å². The van der Waals surface area contributed by atoms with Crippen LogP contribution in [0.4, 0.5) is 24.5 Å². The molecule has 168 valence electrons. The highest BCUT2D eigenvalue weighted by Crippen LogP contribution is 2.38. The van der Waals surface area contributed by atoms with Gasteiger partial charge in [0.2, 0.25) is 5.75 Å². The van der Waals surface area contributed by atoms with Crippen molar-refractivity contribution >= 4 is 17.3 Å². The molecule has 2 aromatic carbocycles. The number of alkyl halides is 3. The summed E-state index contributed by atoms with van der Waals surface area (Å²) in [5.74, 6) is 0.400. The van der Waals surface area contributed by atoms with Crippen molar-refractivity contribution < 1.29 is 37.1 Å². The van der Waals surface area contributed by atoms with Crippen LogP contribution >= 0.6 is 0 Å². The lowest BCUT2D eigenvalue weighted by molar-refractivity contribution is -0.384. The molecule has 0 aliphatic heterocycles. The monoisotopic (exact) mass is 443 g/mol. The number of nitrogens with zero attached hydrogens (tertiary/aromatic N) is 1. The molecule has 0 unspecified atom stereocenters. The van der Waals surface area contributed by atoms with Crippen LogP contribution in [0, 0.1) is 10.1 Å². The quantitative estimate of drug-likeness (QED) is 0.347. The van der Waals surface area contributed by atoms with E-state index in [0.717, 1.165) is 12.1 Å². The van der Waals surface area contributed by atoms with Gasteiger partial charge in [-0.3, -0.25) is 14.9 Å². The maximum absolute atomic E-state index is 12.8. The van der Waals surface area contributed by atoms with Crippen LogP contribution in [0.2, 0.25) is 0 Å². The maximum atomic E-state index is 12.8. The smallest absolute Gasteiger partial charge is 0.416 e. The molecule has 31 heavy (non-hydrogen) atoms. The van der Waals surface area contributed by atoms with Crippen LogP contribution in [-0.2, 0) is 6.18 Å². The molecule has 1 amide bonds. The van der Waals surface area contributed by atoms with Gasteiger partial charge in [0.05, 0.1) is 31.8 Å². The van der Waals surface area contributed by atoms with E-state index in [4.69, 9.17) is 14.2 Å². The molecule has 0 fully saturated rings. The topological polar surface area (TPSA) is 112 Å². The van der Waals surface area contributed by atoms with Crippen molar-refractivity contribution in [3.05, 3.63) is 51.6 Å². The lowest BCUT2D eigenvalue weighted by atomic mass is 10.1. The molecule has 0 aromatic heterocycles. The zero-order valence-corrected chi connectivity index (χ0v) is 16.8. The standard InChI is InChI=1S/C19H20F3N3O6/c1-29-15-8-11(9-16(30-2)17(15)31-3)18(26)24-7-6-23-13-5-4-12(19(20,21)22)10-14(13)25(27)28/h4-5,8-10,23H,6-7H2,1-3H3,(H,24,26). The summed E-state index contributed by atoms with van der Waals surface area (Å²) in [5, 5.41) is 16.3. The maximum Gasteiger partial charge on any atom is 0.416 e. The molecule has 9 nitrogen and oxygen atoms in total. The fourth-order valence-electron chi connectivity index (χ4n) is 2.70. The predicted octanol–water partition coefficient (Wildman–Crippen LogP) is 3.48. The fourth-order valence-corrected chi connectivity index (χ4v) is 2.70. The normalized spacial score (nSPS) is 10.9. The second-order valence-corrected chi connectivity index (χ2v) is 6.08. The number of halogens is 3. The number of hydrogen-bond donors (Lipinski definition) is 2. The molecule has 0 bridgehead atoms. The van der Waals surface area contributed by atoms with E-state index < -0.39 is 28.3 Å². The Morgan fingerprint density at radius 2 is 1.65 bits per heavy atom. The minimum Gasteiger partial charge on any atom is -0.493 e. The van der Waals surface area contributed by atoms with Gasteiger partial charge in [-0.1, -0.05) is 0 Å². The van der Waals surface area contributed by atoms with Crippen LogP contribution in [0.5, 0.6) is 17.2 Å². The molecule has 0 saturated heterocycles. The summed E-state index contributed by atoms with van der Waals surface area (Å²) in [4.78, 5) is 22.6. The van der Waals surface area contributed by atoms with Gasteiger partial charge in [0.1, 0.15) is 5.69 Å². The summed E-state index contributed by atoms with van der Waals surface area (Å²) < 4.78 is 53.8. The number of anilines is 1. The van der Waals surface area contributed by atoms with Crippen LogP contribution < -0.4 is 24.8 Å². The molecule has 0 aliphatic carbocycles. The number of carbonyl (C=O) groups is 1. The van der Waals surface area contributed by atoms with Gasteiger partial charge in [-0.05, 0) is 24.3 Å². The number of rotatable bonds is 9. The fraction of sp³-hybridized carbons (Fsp3) is 0.316. The first-order valence-corrected chi connectivity index (χ1v) is 8.80. The van der Waals surface area contributed by atoms with Crippen molar-refractivity contribution in [2.45, 2.75) is 6.18 Å². The van der Waals surface area contributed by atoms with Gasteiger partial charge in [-0.15, -0.1) is 0 Å². The van der Waals surface area contributed by atoms with Crippen LogP contribution in [0.3, 0.4) is 0 Å². The average molecular weight is 443 g/mol. The van der Waals surface area contributed by atoms with E-state index in [-0.39, 0.29) is 35.8 Å². The zero-order valence-electron chi connectivity index (χ0n) is 16.8. The van der Waals surface area contributed by atoms with Gasteiger partial charge in [-0.2, -0.15) is 13.2 Å². The first-order chi connectivity index (χ1) is 14.6. The Morgan fingerprint density at radius 1 is 1.03 bits per heavy atom. The van der Waals surface area contributed by atoms with Crippen molar-refractivity contribution in [2.24, 2.45) is 0 Å². The Kier molecular flexibility index (Phi) is 7.51. The van der Waals surface area contributed by atoms with E-state index in [0.29, 0.717) is 11.8 Å². The first kappa shape index (κ1) is 23.6. The number of ether oxygens (including phenoxy) is 3. The molecule has 2 rings (SSSR count). The number of hydrogen-bond acceptors (Lipinski definition) is 7. The summed E-state index contributed by atoms with van der Waals surface area (Å²) in [7, 11) is 4.23. The van der Waals surface area contributed by atoms with Crippen molar-refractivity contribution in [2.75, 3.05) is 39.7 Å². The van der Waals surface area contributed by atoms with Crippen LogP contribution in [0.1, 0.15) is 15.9 Å². The molecule has 0 spiro atoms. The minimum atomic E-state index is -4.70. The minimum absolute atomic E-state index is 0.0301. The summed E-state index contributed by atoms with van der Waals surface area (Å²) >= 11 is 0. The molecule has 2 N–H and O–H groups in total. The van der Waals surface area contributed by atoms with Crippen molar-refractivity contribution in [3.8, 4) is 17.2 Å². The largest absolute Gasteiger partial charge is 0.493 e. The number of carbonyl (C=O) groups excluding carboxylic acids is 1. The lowest BCUT2D eigenvalue weighted by Crippen LogP contribution is -2.29. The Hall–Kier alpha value is -3.70. The number of amides is 1. The highest BCUT2D eigenvalue weighted by Gasteiger charge is 2.33. The highest BCUT2D eigenvalue weighted by atomic mass is 19.4. The van der Waals surface area contributed by atoms with Gasteiger partial charge in [0, 0.05) is 24.7 Å². The average Bonchev–Trinajstić information content (AvgIpc) is 2.74. The van der Waals surface area contributed by atoms with Gasteiger partial charge in [-0.25, -0.2) is 0 Å². The second kappa shape index (κ2) is 9.87. The third kappa shape index (κ3) is 5.68. The van der Waals surface area contributed by atoms with E-state index in [1.54, 1.807) is 0 Å². The van der Waals surface area contributed by atoms with E-state index in [1.807, 2.05) is 0 Å². The Labute approximate surface area is 175 Å². The first-order valence-electron chi connectivity index (χ1n) is 8.80. The summed E-state index contributed by atoms with van der Waals surface area (Å²) in [5.41, 5.74) is -1.72. The molecule has 0 radical (unpaired) electrons. The van der Waals surface area contributed by atoms with E-state index >= 15 is 0 Å². The molecule has 0 atom stereocenters. The number of benzene rings is 2. The number of nitro groups is 1. The summed E-state index contributed by atoms with van der Waals surface area (Å²) in [6, 6.07) is 5.07. The molecule has 0 aliphatic rings. The van der Waals surface area contributed by atoms with Gasteiger partial charge < -0.3 is 24.8 Å². The lowest BCUT2D eigenvalue weighted by Gasteiger charge is -2.14. The van der Waals surface area contributed by atoms with Gasteiger partial charge in [0.15, 0.2) is 11.5 Å². The van der Waals surface area contributed by atoms with E-state index in [2.05, 4.69) is 10.6 Å². The summed E-state index contributed by atoms with van der Waals surface area (Å²) in [6.07, 6.45) is -4.70. The number of nitro benzene ring substituents is 1. The highest BCUT2D eigenvalue weighted by molar-refractivity contribution is 5.95. The van der Waals surface area contributed by atoms with Gasteiger partial charge >= 0.3 is 6.18 Å². The molecular formula is C19H20F3N3O6. The Balaban J connectivity index is 2.05. The third-order valence-electron chi connectivity index (χ3n) is 4.17. The zero-order chi connectivity index (χ0) is 23.2. The molecule has 0 saturated carbocycles. The van der Waals surface area contributed by atoms with Crippen molar-refractivity contribution in [1.82, 2.24) is 5.32 Å². The Morgan fingerprint density at radius 3 is 2.13 bits per heavy atom. The molecular weight excluding hydrogens is 423 g/mol. The molecule has 12 heteroatoms.